The van der Waals surface area contributed by atoms with Crippen molar-refractivity contribution in [2.45, 2.75) is 12.2 Å². The number of carboxylic acids is 1. The Kier molecular flexibility index (Phi) is 5.67. The number of azide groups is 1. The summed E-state index contributed by atoms with van der Waals surface area (Å²) in [7, 11) is 0. The molecule has 0 saturated carbocycles. The Labute approximate surface area is 113 Å². The van der Waals surface area contributed by atoms with Gasteiger partial charge in [-0.15, -0.1) is 0 Å². The van der Waals surface area contributed by atoms with E-state index in [2.05, 4.69) is 10.0 Å². The highest BCUT2D eigenvalue weighted by Gasteiger charge is 2.18. The predicted molar refractivity (Wildman–Crippen MR) is 68.0 cm³/mol. The number of aliphatic hydroxyl groups excluding tert-OH is 2. The van der Waals surface area contributed by atoms with Gasteiger partial charge in [0, 0.05) is 16.6 Å². The number of aliphatic carboxylic acids is 1. The number of hydrogen-bond acceptors (Lipinski definition) is 4. The minimum absolute atomic E-state index is 0.0417. The molecule has 2 unspecified atom stereocenters. The number of aliphatic hydroxyl groups is 2. The summed E-state index contributed by atoms with van der Waals surface area (Å²) in [6, 6.07) is 3.50. The summed E-state index contributed by atoms with van der Waals surface area (Å²) in [5.74, 6) is -1.90. The van der Waals surface area contributed by atoms with Gasteiger partial charge in [-0.2, -0.15) is 0 Å². The van der Waals surface area contributed by atoms with Gasteiger partial charge in [0.05, 0.1) is 12.6 Å². The third-order valence-corrected chi connectivity index (χ3v) is 2.46. The molecule has 0 aliphatic heterocycles. The summed E-state index contributed by atoms with van der Waals surface area (Å²) in [4.78, 5) is 12.8. The molecule has 0 fully saturated rings. The maximum Gasteiger partial charge on any atom is 0.328 e. The first kappa shape index (κ1) is 15.6. The smallest absolute Gasteiger partial charge is 0.328 e. The number of rotatable bonds is 6. The van der Waals surface area contributed by atoms with E-state index in [9.17, 15) is 19.4 Å². The molecular weight excluding hydrogens is 269 g/mol. The van der Waals surface area contributed by atoms with E-state index in [-0.39, 0.29) is 17.7 Å². The van der Waals surface area contributed by atoms with Gasteiger partial charge in [0.15, 0.2) is 0 Å². The van der Waals surface area contributed by atoms with Gasteiger partial charge in [-0.3, -0.25) is 0 Å². The third kappa shape index (κ3) is 4.36. The van der Waals surface area contributed by atoms with Crippen molar-refractivity contribution in [2.24, 2.45) is 5.11 Å². The number of benzene rings is 1. The number of halogens is 1. The lowest BCUT2D eigenvalue weighted by Crippen LogP contribution is -2.21. The van der Waals surface area contributed by atoms with Crippen molar-refractivity contribution in [1.29, 1.82) is 0 Å². The van der Waals surface area contributed by atoms with Crippen LogP contribution in [0.1, 0.15) is 17.2 Å². The van der Waals surface area contributed by atoms with Crippen LogP contribution in [0.2, 0.25) is 0 Å². The fourth-order valence-electron chi connectivity index (χ4n) is 1.48. The summed E-state index contributed by atoms with van der Waals surface area (Å²) >= 11 is 0. The molecule has 3 N–H and O–H groups in total. The Morgan fingerprint density at radius 3 is 2.80 bits per heavy atom. The second kappa shape index (κ2) is 7.25. The van der Waals surface area contributed by atoms with Crippen molar-refractivity contribution < 1.29 is 24.5 Å². The van der Waals surface area contributed by atoms with Crippen molar-refractivity contribution in [1.82, 2.24) is 0 Å². The topological polar surface area (TPSA) is 127 Å². The normalized spacial score (nSPS) is 13.8. The zero-order valence-electron chi connectivity index (χ0n) is 10.2. The SMILES string of the molecule is [N-]=[N+]=NCC(O)C(O)c1ccc(F)c(/C=C/C(=O)O)c1. The lowest BCUT2D eigenvalue weighted by molar-refractivity contribution is -0.131. The zero-order valence-corrected chi connectivity index (χ0v) is 10.2. The van der Waals surface area contributed by atoms with Crippen LogP contribution in [0, 0.1) is 5.82 Å². The quantitative estimate of drug-likeness (QED) is 0.317. The molecular formula is C12H12FN3O4. The molecule has 0 aromatic heterocycles. The molecule has 8 heteroatoms. The molecule has 1 aromatic rings. The highest BCUT2D eigenvalue weighted by atomic mass is 19.1. The van der Waals surface area contributed by atoms with E-state index >= 15 is 0 Å². The van der Waals surface area contributed by atoms with Gasteiger partial charge in [-0.25, -0.2) is 9.18 Å². The molecule has 1 aromatic carbocycles. The average Bonchev–Trinajstić information content (AvgIpc) is 2.42. The van der Waals surface area contributed by atoms with Crippen LogP contribution in [-0.4, -0.2) is 33.9 Å². The molecule has 0 bridgehead atoms. The number of carbonyl (C=O) groups is 1. The first-order chi connectivity index (χ1) is 9.45. The summed E-state index contributed by atoms with van der Waals surface area (Å²) < 4.78 is 13.4. The molecule has 0 radical (unpaired) electrons. The van der Waals surface area contributed by atoms with Gasteiger partial charge in [-0.05, 0) is 29.3 Å². The van der Waals surface area contributed by atoms with Crippen LogP contribution in [0.15, 0.2) is 29.4 Å². The first-order valence-corrected chi connectivity index (χ1v) is 5.53. The van der Waals surface area contributed by atoms with E-state index in [0.717, 1.165) is 18.2 Å². The Bertz CT molecular complexity index is 570. The molecule has 0 saturated heterocycles. The monoisotopic (exact) mass is 281 g/mol. The lowest BCUT2D eigenvalue weighted by atomic mass is 10.0. The first-order valence-electron chi connectivity index (χ1n) is 5.53. The average molecular weight is 281 g/mol. The van der Waals surface area contributed by atoms with Crippen molar-refractivity contribution >= 4 is 12.0 Å². The summed E-state index contributed by atoms with van der Waals surface area (Å²) in [5, 5.41) is 31.0. The number of carboxylic acid groups (broad SMARTS) is 1. The summed E-state index contributed by atoms with van der Waals surface area (Å²) in [6.45, 7) is -0.338. The van der Waals surface area contributed by atoms with Gasteiger partial charge < -0.3 is 15.3 Å². The van der Waals surface area contributed by atoms with Crippen LogP contribution in [-0.2, 0) is 4.79 Å². The summed E-state index contributed by atoms with van der Waals surface area (Å²) in [5.41, 5.74) is 8.26. The van der Waals surface area contributed by atoms with E-state index < -0.39 is 24.0 Å². The van der Waals surface area contributed by atoms with Crippen LogP contribution in [0.25, 0.3) is 16.5 Å². The van der Waals surface area contributed by atoms with Crippen LogP contribution < -0.4 is 0 Å². The van der Waals surface area contributed by atoms with Crippen molar-refractivity contribution in [2.75, 3.05) is 6.54 Å². The highest BCUT2D eigenvalue weighted by molar-refractivity contribution is 5.85. The Balaban J connectivity index is 2.99. The molecule has 0 heterocycles. The molecule has 0 aliphatic rings. The van der Waals surface area contributed by atoms with Crippen LogP contribution >= 0.6 is 0 Å². The summed E-state index contributed by atoms with van der Waals surface area (Å²) in [6.07, 6.45) is -0.927. The molecule has 7 nitrogen and oxygen atoms in total. The van der Waals surface area contributed by atoms with Gasteiger partial charge in [0.1, 0.15) is 11.9 Å². The number of hydrogen-bond donors (Lipinski definition) is 3. The van der Waals surface area contributed by atoms with E-state index in [1.807, 2.05) is 0 Å². The lowest BCUT2D eigenvalue weighted by Gasteiger charge is -2.16. The Morgan fingerprint density at radius 2 is 2.20 bits per heavy atom. The number of nitrogens with zero attached hydrogens (tertiary/aromatic N) is 3. The fraction of sp³-hybridized carbons (Fsp3) is 0.250. The molecule has 1 rings (SSSR count). The molecule has 2 atom stereocenters. The van der Waals surface area contributed by atoms with Gasteiger partial charge in [-0.1, -0.05) is 11.2 Å². The van der Waals surface area contributed by atoms with Crippen LogP contribution in [0.5, 0.6) is 0 Å². The molecule has 0 amide bonds. The van der Waals surface area contributed by atoms with Crippen LogP contribution in [0.3, 0.4) is 0 Å². The Hall–Kier alpha value is -2.41. The van der Waals surface area contributed by atoms with E-state index in [4.69, 9.17) is 10.6 Å². The maximum atomic E-state index is 13.4. The van der Waals surface area contributed by atoms with E-state index in [1.165, 1.54) is 12.1 Å². The molecule has 106 valence electrons. The molecule has 0 aliphatic carbocycles. The Morgan fingerprint density at radius 1 is 1.50 bits per heavy atom. The second-order valence-corrected chi connectivity index (χ2v) is 3.88. The van der Waals surface area contributed by atoms with Gasteiger partial charge in [0.25, 0.3) is 0 Å². The largest absolute Gasteiger partial charge is 0.478 e. The van der Waals surface area contributed by atoms with E-state index in [0.29, 0.717) is 0 Å². The van der Waals surface area contributed by atoms with Crippen molar-refractivity contribution in [3.8, 4) is 0 Å². The second-order valence-electron chi connectivity index (χ2n) is 3.88. The van der Waals surface area contributed by atoms with Crippen molar-refractivity contribution in [3.63, 3.8) is 0 Å². The predicted octanol–water partition coefficient (Wildman–Crippen LogP) is 1.63. The van der Waals surface area contributed by atoms with Crippen molar-refractivity contribution in [3.05, 3.63) is 51.7 Å². The molecule has 20 heavy (non-hydrogen) atoms. The fourth-order valence-corrected chi connectivity index (χ4v) is 1.48. The minimum Gasteiger partial charge on any atom is -0.478 e. The minimum atomic E-state index is -1.38. The standard InChI is InChI=1S/C12H12FN3O4/c13-9-3-1-8(5-7(9)2-4-11(18)19)12(20)10(17)6-15-16-14/h1-5,10,12,17,20H,6H2,(H,18,19)/b4-2+. The maximum absolute atomic E-state index is 13.4. The van der Waals surface area contributed by atoms with Gasteiger partial charge >= 0.3 is 5.97 Å². The molecule has 0 spiro atoms. The highest BCUT2D eigenvalue weighted by Crippen LogP contribution is 2.21. The van der Waals surface area contributed by atoms with E-state index in [1.54, 1.807) is 0 Å². The zero-order chi connectivity index (χ0) is 15.1. The van der Waals surface area contributed by atoms with Crippen LogP contribution in [0.4, 0.5) is 4.39 Å². The van der Waals surface area contributed by atoms with Gasteiger partial charge in [0.2, 0.25) is 0 Å². The third-order valence-electron chi connectivity index (χ3n) is 2.46.